The fourth-order valence-corrected chi connectivity index (χ4v) is 1.25. The molecule has 0 atom stereocenters. The average Bonchev–Trinajstić information content (AvgIpc) is 2.79. The molecule has 2 heterocycles. The molecule has 0 spiro atoms. The van der Waals surface area contributed by atoms with Gasteiger partial charge in [-0.2, -0.15) is 0 Å². The normalized spacial score (nSPS) is 10.0. The highest BCUT2D eigenvalue weighted by atomic mass is 16.5. The number of nitrogen functional groups attached to an aromatic ring is 1. The molecule has 0 amide bonds. The van der Waals surface area contributed by atoms with E-state index < -0.39 is 0 Å². The van der Waals surface area contributed by atoms with Gasteiger partial charge < -0.3 is 14.9 Å². The lowest BCUT2D eigenvalue weighted by atomic mass is 10.3. The van der Waals surface area contributed by atoms with Crippen LogP contribution in [-0.4, -0.2) is 10.8 Å². The van der Waals surface area contributed by atoms with Crippen molar-refractivity contribution < 1.29 is 9.15 Å². The van der Waals surface area contributed by atoms with E-state index in [1.54, 1.807) is 30.7 Å². The second-order valence-corrected chi connectivity index (χ2v) is 3.13. The van der Waals surface area contributed by atoms with Crippen LogP contribution in [-0.2, 0) is 6.61 Å². The van der Waals surface area contributed by atoms with Gasteiger partial charge in [0.1, 0.15) is 29.6 Å². The van der Waals surface area contributed by atoms with Crippen LogP contribution in [0, 0.1) is 5.41 Å². The summed E-state index contributed by atoms with van der Waals surface area (Å²) in [4.78, 5) is 3.97. The van der Waals surface area contributed by atoms with E-state index in [2.05, 4.69) is 4.98 Å². The summed E-state index contributed by atoms with van der Waals surface area (Å²) in [6.45, 7) is 0.291. The first-order chi connectivity index (χ1) is 7.77. The minimum absolute atomic E-state index is 0.116. The molecule has 0 aliphatic carbocycles. The van der Waals surface area contributed by atoms with Gasteiger partial charge in [-0.05, 0) is 24.3 Å². The van der Waals surface area contributed by atoms with Crippen molar-refractivity contribution in [2.24, 2.45) is 5.73 Å². The summed E-state index contributed by atoms with van der Waals surface area (Å²) in [6, 6.07) is 7.04. The SMILES string of the molecule is N=C(N)c1ncccc1OCc1ccco1. The van der Waals surface area contributed by atoms with Crippen molar-refractivity contribution in [1.29, 1.82) is 5.41 Å². The van der Waals surface area contributed by atoms with E-state index >= 15 is 0 Å². The predicted molar refractivity (Wildman–Crippen MR) is 58.3 cm³/mol. The topological polar surface area (TPSA) is 85.1 Å². The second-order valence-electron chi connectivity index (χ2n) is 3.13. The number of furan rings is 1. The standard InChI is InChI=1S/C11H11N3O2/c12-11(13)10-9(4-1-5-14-10)16-7-8-3-2-6-15-8/h1-6H,7H2,(H3,12,13). The summed E-state index contributed by atoms with van der Waals surface area (Å²) >= 11 is 0. The molecule has 82 valence electrons. The minimum Gasteiger partial charge on any atom is -0.483 e. The van der Waals surface area contributed by atoms with Crippen LogP contribution < -0.4 is 10.5 Å². The number of hydrogen-bond acceptors (Lipinski definition) is 4. The maximum absolute atomic E-state index is 7.34. The van der Waals surface area contributed by atoms with Crippen molar-refractivity contribution in [3.05, 3.63) is 48.2 Å². The number of ether oxygens (including phenoxy) is 1. The smallest absolute Gasteiger partial charge is 0.149 e. The summed E-state index contributed by atoms with van der Waals surface area (Å²) in [7, 11) is 0. The Bertz CT molecular complexity index is 480. The Morgan fingerprint density at radius 2 is 2.31 bits per heavy atom. The van der Waals surface area contributed by atoms with Crippen LogP contribution in [0.25, 0.3) is 0 Å². The summed E-state index contributed by atoms with van der Waals surface area (Å²) in [5.74, 6) is 1.07. The van der Waals surface area contributed by atoms with Gasteiger partial charge in [0.05, 0.1) is 6.26 Å². The highest BCUT2D eigenvalue weighted by Gasteiger charge is 2.07. The van der Waals surface area contributed by atoms with Crippen LogP contribution in [0.5, 0.6) is 5.75 Å². The number of nitrogens with zero attached hydrogens (tertiary/aromatic N) is 1. The highest BCUT2D eigenvalue weighted by Crippen LogP contribution is 2.16. The third kappa shape index (κ3) is 2.20. The molecule has 0 saturated carbocycles. The van der Waals surface area contributed by atoms with E-state index in [9.17, 15) is 0 Å². The van der Waals surface area contributed by atoms with Crippen LogP contribution in [0.4, 0.5) is 0 Å². The zero-order valence-corrected chi connectivity index (χ0v) is 8.51. The maximum atomic E-state index is 7.34. The predicted octanol–water partition coefficient (Wildman–Crippen LogP) is 1.54. The molecular weight excluding hydrogens is 206 g/mol. The summed E-state index contributed by atoms with van der Waals surface area (Å²) < 4.78 is 10.6. The fraction of sp³-hybridized carbons (Fsp3) is 0.0909. The molecule has 0 saturated heterocycles. The van der Waals surface area contributed by atoms with Crippen LogP contribution >= 0.6 is 0 Å². The van der Waals surface area contributed by atoms with Crippen molar-refractivity contribution >= 4 is 5.84 Å². The average molecular weight is 217 g/mol. The van der Waals surface area contributed by atoms with E-state index in [1.807, 2.05) is 6.07 Å². The van der Waals surface area contributed by atoms with Gasteiger partial charge in [-0.25, -0.2) is 4.98 Å². The number of rotatable bonds is 4. The van der Waals surface area contributed by atoms with Crippen LogP contribution in [0.1, 0.15) is 11.5 Å². The molecule has 0 unspecified atom stereocenters. The summed E-state index contributed by atoms with van der Waals surface area (Å²) in [5, 5.41) is 7.34. The zero-order valence-electron chi connectivity index (χ0n) is 8.51. The number of aromatic nitrogens is 1. The second kappa shape index (κ2) is 4.48. The molecule has 5 nitrogen and oxygen atoms in total. The molecule has 0 aliphatic heterocycles. The van der Waals surface area contributed by atoms with Crippen LogP contribution in [0.2, 0.25) is 0 Å². The van der Waals surface area contributed by atoms with E-state index in [4.69, 9.17) is 20.3 Å². The quantitative estimate of drug-likeness (QED) is 0.600. The Hall–Kier alpha value is -2.30. The maximum Gasteiger partial charge on any atom is 0.149 e. The largest absolute Gasteiger partial charge is 0.483 e. The Kier molecular flexibility index (Phi) is 2.86. The lowest BCUT2D eigenvalue weighted by molar-refractivity contribution is 0.269. The summed E-state index contributed by atoms with van der Waals surface area (Å²) in [5.41, 5.74) is 5.72. The number of pyridine rings is 1. The van der Waals surface area contributed by atoms with E-state index in [0.717, 1.165) is 0 Å². The highest BCUT2D eigenvalue weighted by molar-refractivity contribution is 5.95. The van der Waals surface area contributed by atoms with Crippen molar-refractivity contribution in [2.45, 2.75) is 6.61 Å². The van der Waals surface area contributed by atoms with Crippen molar-refractivity contribution in [2.75, 3.05) is 0 Å². The molecule has 2 rings (SSSR count). The van der Waals surface area contributed by atoms with Crippen LogP contribution in [0.3, 0.4) is 0 Å². The lowest BCUT2D eigenvalue weighted by Crippen LogP contribution is -2.14. The number of hydrogen-bond donors (Lipinski definition) is 2. The van der Waals surface area contributed by atoms with E-state index in [1.165, 1.54) is 0 Å². The molecule has 0 bridgehead atoms. The van der Waals surface area contributed by atoms with Gasteiger partial charge in [0.15, 0.2) is 0 Å². The summed E-state index contributed by atoms with van der Waals surface area (Å²) in [6.07, 6.45) is 3.14. The fourth-order valence-electron chi connectivity index (χ4n) is 1.25. The number of amidine groups is 1. The van der Waals surface area contributed by atoms with Gasteiger partial charge in [-0.1, -0.05) is 0 Å². The first-order valence-corrected chi connectivity index (χ1v) is 4.72. The molecule has 16 heavy (non-hydrogen) atoms. The Balaban J connectivity index is 2.12. The van der Waals surface area contributed by atoms with Crippen molar-refractivity contribution in [3.8, 4) is 5.75 Å². The van der Waals surface area contributed by atoms with Gasteiger partial charge in [-0.3, -0.25) is 5.41 Å². The van der Waals surface area contributed by atoms with Crippen molar-refractivity contribution in [1.82, 2.24) is 4.98 Å². The Labute approximate surface area is 92.4 Å². The first kappa shape index (κ1) is 10.2. The van der Waals surface area contributed by atoms with Gasteiger partial charge in [0, 0.05) is 6.20 Å². The Morgan fingerprint density at radius 1 is 1.44 bits per heavy atom. The molecule has 0 aromatic carbocycles. The van der Waals surface area contributed by atoms with Crippen molar-refractivity contribution in [3.63, 3.8) is 0 Å². The van der Waals surface area contributed by atoms with Gasteiger partial charge in [-0.15, -0.1) is 0 Å². The third-order valence-corrected chi connectivity index (χ3v) is 1.98. The van der Waals surface area contributed by atoms with Crippen LogP contribution in [0.15, 0.2) is 41.1 Å². The number of nitrogens with two attached hydrogens (primary N) is 1. The molecule has 3 N–H and O–H groups in total. The van der Waals surface area contributed by atoms with E-state index in [0.29, 0.717) is 23.8 Å². The molecule has 2 aromatic heterocycles. The molecule has 0 radical (unpaired) electrons. The minimum atomic E-state index is -0.116. The molecule has 2 aromatic rings. The zero-order chi connectivity index (χ0) is 11.4. The third-order valence-electron chi connectivity index (χ3n) is 1.98. The first-order valence-electron chi connectivity index (χ1n) is 4.72. The molecule has 5 heteroatoms. The lowest BCUT2D eigenvalue weighted by Gasteiger charge is -2.07. The molecule has 0 aliphatic rings. The van der Waals surface area contributed by atoms with Gasteiger partial charge in [0.2, 0.25) is 0 Å². The Morgan fingerprint density at radius 3 is 3.00 bits per heavy atom. The molecule has 0 fully saturated rings. The number of nitrogens with one attached hydrogen (secondary N) is 1. The van der Waals surface area contributed by atoms with Gasteiger partial charge in [0.25, 0.3) is 0 Å². The monoisotopic (exact) mass is 217 g/mol. The molecular formula is C11H11N3O2. The van der Waals surface area contributed by atoms with E-state index in [-0.39, 0.29) is 5.84 Å². The van der Waals surface area contributed by atoms with Gasteiger partial charge >= 0.3 is 0 Å².